The lowest BCUT2D eigenvalue weighted by molar-refractivity contribution is 0.122. The number of rotatable bonds is 7. The number of methoxy groups -OCH3 is 3. The van der Waals surface area contributed by atoms with E-state index in [-0.39, 0.29) is 0 Å². The summed E-state index contributed by atoms with van der Waals surface area (Å²) in [4.78, 5) is 7.08. The fourth-order valence-electron chi connectivity index (χ4n) is 4.25. The Morgan fingerprint density at radius 3 is 2.31 bits per heavy atom. The summed E-state index contributed by atoms with van der Waals surface area (Å²) in [5.74, 6) is 2.20. The lowest BCUT2D eigenvalue weighted by Gasteiger charge is -2.28. The quantitative estimate of drug-likeness (QED) is 0.416. The highest BCUT2D eigenvalue weighted by Crippen LogP contribution is 2.43. The summed E-state index contributed by atoms with van der Waals surface area (Å²) in [5.41, 5.74) is 4.36. The molecule has 0 saturated carbocycles. The lowest BCUT2D eigenvalue weighted by Crippen LogP contribution is -2.36. The molecule has 1 aliphatic rings. The number of nitrogens with one attached hydrogen (secondary N) is 2. The molecule has 2 aromatic heterocycles. The molecule has 1 fully saturated rings. The summed E-state index contributed by atoms with van der Waals surface area (Å²) >= 11 is 0. The summed E-state index contributed by atoms with van der Waals surface area (Å²) in [6.45, 7) is 3.22. The number of nitrogens with zero attached hydrogens (tertiary/aromatic N) is 4. The van der Waals surface area contributed by atoms with Crippen LogP contribution < -0.4 is 24.4 Å². The van der Waals surface area contributed by atoms with E-state index in [0.29, 0.717) is 40.0 Å². The Morgan fingerprint density at radius 2 is 1.71 bits per heavy atom. The van der Waals surface area contributed by atoms with Crippen LogP contribution in [0.5, 0.6) is 17.2 Å². The van der Waals surface area contributed by atoms with Crippen LogP contribution in [0.25, 0.3) is 16.9 Å². The fourth-order valence-corrected chi connectivity index (χ4v) is 4.25. The number of H-pyrrole nitrogens is 1. The number of aromatic amines is 1. The van der Waals surface area contributed by atoms with Crippen LogP contribution >= 0.6 is 0 Å². The van der Waals surface area contributed by atoms with Crippen molar-refractivity contribution in [3.05, 3.63) is 48.2 Å². The van der Waals surface area contributed by atoms with Crippen LogP contribution in [-0.2, 0) is 4.74 Å². The summed E-state index contributed by atoms with van der Waals surface area (Å²) < 4.78 is 23.7. The van der Waals surface area contributed by atoms with Crippen molar-refractivity contribution in [1.82, 2.24) is 14.6 Å². The number of hydrogen-bond donors (Lipinski definition) is 2. The number of fused-ring (bicyclic) bond motifs is 1. The monoisotopic (exact) mass is 474 g/mol. The van der Waals surface area contributed by atoms with Crippen molar-refractivity contribution in [3.8, 4) is 34.6 Å². The van der Waals surface area contributed by atoms with E-state index in [1.165, 1.54) is 0 Å². The van der Waals surface area contributed by atoms with Crippen LogP contribution in [0.15, 0.2) is 42.6 Å². The van der Waals surface area contributed by atoms with Crippen molar-refractivity contribution in [2.24, 2.45) is 0 Å². The van der Waals surface area contributed by atoms with Gasteiger partial charge in [0.25, 0.3) is 0 Å². The van der Waals surface area contributed by atoms with E-state index in [1.54, 1.807) is 32.0 Å². The Bertz CT molecular complexity index is 1350. The standard InChI is InChI=1S/C25H26N6O4/c1-32-20-12-16(13-21(33-2)23(20)34-3)22-25(31-24(29-22)17(14-26)15-27-31)28-18-4-6-19(7-5-18)30-8-10-35-11-9-30/h4-7,12-13,15,27-28H,8-11H2,1-3H3. The van der Waals surface area contributed by atoms with Gasteiger partial charge >= 0.3 is 0 Å². The largest absolute Gasteiger partial charge is 0.493 e. The molecule has 5 rings (SSSR count). The van der Waals surface area contributed by atoms with Crippen molar-refractivity contribution in [2.45, 2.75) is 0 Å². The maximum absolute atomic E-state index is 9.56. The van der Waals surface area contributed by atoms with Gasteiger partial charge < -0.3 is 29.2 Å². The summed E-state index contributed by atoms with van der Waals surface area (Å²) in [6, 6.07) is 14.1. The van der Waals surface area contributed by atoms with Crippen LogP contribution in [-0.4, -0.2) is 62.2 Å². The first kappa shape index (κ1) is 22.4. The molecule has 0 radical (unpaired) electrons. The minimum Gasteiger partial charge on any atom is -0.493 e. The summed E-state index contributed by atoms with van der Waals surface area (Å²) in [7, 11) is 4.70. The van der Waals surface area contributed by atoms with Gasteiger partial charge in [-0.05, 0) is 36.4 Å². The van der Waals surface area contributed by atoms with E-state index in [4.69, 9.17) is 23.9 Å². The normalized spacial score (nSPS) is 13.5. The third-order valence-electron chi connectivity index (χ3n) is 6.02. The molecule has 10 heteroatoms. The SMILES string of the molecule is COc1cc(-c2nc3c(C#N)c[nH]n3c2Nc2ccc(N3CCOCC3)cc2)cc(OC)c1OC. The van der Waals surface area contributed by atoms with Gasteiger partial charge in [0.1, 0.15) is 17.3 Å². The van der Waals surface area contributed by atoms with Crippen molar-refractivity contribution < 1.29 is 18.9 Å². The van der Waals surface area contributed by atoms with Crippen LogP contribution in [0.3, 0.4) is 0 Å². The Kier molecular flexibility index (Phi) is 6.08. The molecule has 35 heavy (non-hydrogen) atoms. The van der Waals surface area contributed by atoms with Crippen LogP contribution in [0.4, 0.5) is 17.2 Å². The van der Waals surface area contributed by atoms with Gasteiger partial charge in [-0.3, -0.25) is 5.10 Å². The number of morpholine rings is 1. The average molecular weight is 475 g/mol. The minimum absolute atomic E-state index is 0.439. The second kappa shape index (κ2) is 9.48. The van der Waals surface area contributed by atoms with Gasteiger partial charge in [0.15, 0.2) is 23.0 Å². The zero-order chi connectivity index (χ0) is 24.4. The fraction of sp³-hybridized carbons (Fsp3) is 0.280. The molecular weight excluding hydrogens is 448 g/mol. The van der Waals surface area contributed by atoms with Crippen LogP contribution in [0, 0.1) is 11.3 Å². The highest BCUT2D eigenvalue weighted by atomic mass is 16.5. The Hall–Kier alpha value is -4.36. The molecule has 0 unspecified atom stereocenters. The topological polar surface area (TPSA) is 109 Å². The first-order valence-electron chi connectivity index (χ1n) is 11.2. The number of hydrogen-bond acceptors (Lipinski definition) is 8. The third kappa shape index (κ3) is 4.06. The molecule has 0 amide bonds. The van der Waals surface area contributed by atoms with Gasteiger partial charge in [0.05, 0.1) is 34.5 Å². The number of benzene rings is 2. The maximum Gasteiger partial charge on any atom is 0.203 e. The molecular formula is C25H26N6O4. The first-order valence-corrected chi connectivity index (χ1v) is 11.2. The molecule has 0 bridgehead atoms. The average Bonchev–Trinajstić information content (AvgIpc) is 3.48. The maximum atomic E-state index is 9.56. The molecule has 1 saturated heterocycles. The second-order valence-corrected chi connectivity index (χ2v) is 7.95. The van der Waals surface area contributed by atoms with Gasteiger partial charge in [0, 0.05) is 36.2 Å². The van der Waals surface area contributed by atoms with E-state index < -0.39 is 0 Å². The number of nitriles is 1. The van der Waals surface area contributed by atoms with Gasteiger partial charge in [0.2, 0.25) is 5.75 Å². The third-order valence-corrected chi connectivity index (χ3v) is 6.02. The van der Waals surface area contributed by atoms with Crippen molar-refractivity contribution >= 4 is 22.8 Å². The highest BCUT2D eigenvalue weighted by molar-refractivity contribution is 5.83. The van der Waals surface area contributed by atoms with Crippen molar-refractivity contribution in [2.75, 3.05) is 57.8 Å². The van der Waals surface area contributed by atoms with Crippen molar-refractivity contribution in [1.29, 1.82) is 5.26 Å². The van der Waals surface area contributed by atoms with Gasteiger partial charge in [-0.2, -0.15) is 5.26 Å². The molecule has 0 aliphatic carbocycles. The number of aromatic nitrogens is 3. The summed E-state index contributed by atoms with van der Waals surface area (Å²) in [6.07, 6.45) is 1.63. The Balaban J connectivity index is 1.57. The molecule has 0 atom stereocenters. The Morgan fingerprint density at radius 1 is 1.03 bits per heavy atom. The highest BCUT2D eigenvalue weighted by Gasteiger charge is 2.22. The summed E-state index contributed by atoms with van der Waals surface area (Å²) in [5, 5.41) is 16.1. The molecule has 180 valence electrons. The van der Waals surface area contributed by atoms with E-state index in [1.807, 2.05) is 24.3 Å². The van der Waals surface area contributed by atoms with E-state index in [9.17, 15) is 5.26 Å². The van der Waals surface area contributed by atoms with Crippen LogP contribution in [0.2, 0.25) is 0 Å². The van der Waals surface area contributed by atoms with Gasteiger partial charge in [-0.1, -0.05) is 0 Å². The molecule has 4 aromatic rings. The predicted molar refractivity (Wildman–Crippen MR) is 132 cm³/mol. The zero-order valence-corrected chi connectivity index (χ0v) is 19.8. The van der Waals surface area contributed by atoms with E-state index in [0.717, 1.165) is 43.2 Å². The van der Waals surface area contributed by atoms with Crippen LogP contribution in [0.1, 0.15) is 5.56 Å². The number of ether oxygens (including phenoxy) is 4. The number of anilines is 3. The van der Waals surface area contributed by atoms with E-state index >= 15 is 0 Å². The van der Waals surface area contributed by atoms with Gasteiger partial charge in [-0.25, -0.2) is 9.50 Å². The van der Waals surface area contributed by atoms with Crippen molar-refractivity contribution in [3.63, 3.8) is 0 Å². The molecule has 1 aliphatic heterocycles. The Labute approximate surface area is 202 Å². The zero-order valence-electron chi connectivity index (χ0n) is 19.8. The molecule has 2 N–H and O–H groups in total. The van der Waals surface area contributed by atoms with Gasteiger partial charge in [-0.15, -0.1) is 0 Å². The minimum atomic E-state index is 0.439. The smallest absolute Gasteiger partial charge is 0.203 e. The first-order chi connectivity index (χ1) is 17.2. The lowest BCUT2D eigenvalue weighted by atomic mass is 10.1. The molecule has 10 nitrogen and oxygen atoms in total. The predicted octanol–water partition coefficient (Wildman–Crippen LogP) is 3.81. The van der Waals surface area contributed by atoms with E-state index in [2.05, 4.69) is 33.5 Å². The molecule has 3 heterocycles. The second-order valence-electron chi connectivity index (χ2n) is 7.95. The molecule has 0 spiro atoms. The molecule has 2 aromatic carbocycles. The number of imidazole rings is 1.